The van der Waals surface area contributed by atoms with Crippen molar-refractivity contribution in [3.05, 3.63) is 100 Å². The van der Waals surface area contributed by atoms with Crippen LogP contribution >= 0.6 is 0 Å². The van der Waals surface area contributed by atoms with Crippen molar-refractivity contribution in [1.82, 2.24) is 9.80 Å². The first-order chi connectivity index (χ1) is 19.9. The maximum Gasteiger partial charge on any atom is 0.246 e. The van der Waals surface area contributed by atoms with Crippen LogP contribution < -0.4 is 4.74 Å². The number of aryl methyl sites for hydroxylation is 2. The molecule has 7 rings (SSSR count). The summed E-state index contributed by atoms with van der Waals surface area (Å²) >= 11 is 0. The third kappa shape index (κ3) is 4.20. The van der Waals surface area contributed by atoms with Gasteiger partial charge in [-0.05, 0) is 92.8 Å². The number of phenolic OH excluding ortho intramolecular Hbond substituents is 1. The van der Waals surface area contributed by atoms with Crippen LogP contribution in [-0.4, -0.2) is 59.1 Å². The molecule has 0 radical (unpaired) electrons. The van der Waals surface area contributed by atoms with Crippen LogP contribution in [0.5, 0.6) is 11.5 Å². The number of carbonyl (C=O) groups excluding carboxylic acids is 1. The number of aromatic hydroxyl groups is 1. The molecule has 2 fully saturated rings. The highest BCUT2D eigenvalue weighted by atomic mass is 16.5. The molecule has 4 aliphatic rings. The average Bonchev–Trinajstić information content (AvgIpc) is 3.32. The lowest BCUT2D eigenvalue weighted by atomic mass is 9.50. The highest BCUT2D eigenvalue weighted by molar-refractivity contribution is 5.92. The SMILES string of the molecule is Cc1cccc(C=CC(=O)N(C)[C@@H]2CC[C@H]3[C@H]4Cc5c(C)cc(O)c6c5[C@@]3(CCN4CCc3ccccc3)[C@H]2O6)c1. The molecular weight excluding hydrogens is 508 g/mol. The van der Waals surface area contributed by atoms with Crippen molar-refractivity contribution in [3.63, 3.8) is 0 Å². The van der Waals surface area contributed by atoms with E-state index in [9.17, 15) is 9.90 Å². The van der Waals surface area contributed by atoms with E-state index in [2.05, 4.69) is 61.2 Å². The summed E-state index contributed by atoms with van der Waals surface area (Å²) in [6.07, 6.45) is 8.48. The van der Waals surface area contributed by atoms with Crippen LogP contribution in [0.25, 0.3) is 6.08 Å². The molecule has 1 amide bonds. The second kappa shape index (κ2) is 10.1. The lowest BCUT2D eigenvalue weighted by Gasteiger charge is -2.60. The highest BCUT2D eigenvalue weighted by Crippen LogP contribution is 2.64. The zero-order valence-corrected chi connectivity index (χ0v) is 24.3. The van der Waals surface area contributed by atoms with Gasteiger partial charge in [-0.25, -0.2) is 0 Å². The Labute approximate surface area is 243 Å². The first kappa shape index (κ1) is 26.3. The Morgan fingerprint density at radius 2 is 1.95 bits per heavy atom. The van der Waals surface area contributed by atoms with Gasteiger partial charge < -0.3 is 14.7 Å². The van der Waals surface area contributed by atoms with Crippen LogP contribution in [0, 0.1) is 19.8 Å². The van der Waals surface area contributed by atoms with Gasteiger partial charge in [0.25, 0.3) is 0 Å². The molecule has 1 saturated carbocycles. The molecule has 41 heavy (non-hydrogen) atoms. The summed E-state index contributed by atoms with van der Waals surface area (Å²) in [4.78, 5) is 18.1. The van der Waals surface area contributed by atoms with E-state index in [4.69, 9.17) is 4.74 Å². The Hall–Kier alpha value is -3.57. The normalized spacial score (nSPS) is 27.9. The van der Waals surface area contributed by atoms with Crippen LogP contribution in [0.4, 0.5) is 0 Å². The molecule has 3 aromatic rings. The molecule has 5 heteroatoms. The minimum Gasteiger partial charge on any atom is -0.504 e. The number of likely N-dealkylation sites (tertiary alicyclic amines) is 1. The third-order valence-corrected chi connectivity index (χ3v) is 10.6. The summed E-state index contributed by atoms with van der Waals surface area (Å²) in [7, 11) is 1.93. The van der Waals surface area contributed by atoms with Crippen LogP contribution in [0.3, 0.4) is 0 Å². The topological polar surface area (TPSA) is 53.0 Å². The minimum absolute atomic E-state index is 0.000746. The maximum absolute atomic E-state index is 13.5. The van der Waals surface area contributed by atoms with Crippen LogP contribution in [-0.2, 0) is 23.1 Å². The van der Waals surface area contributed by atoms with Gasteiger partial charge in [0.1, 0.15) is 6.10 Å². The summed E-state index contributed by atoms with van der Waals surface area (Å²) < 4.78 is 6.80. The molecule has 1 N–H and O–H groups in total. The molecule has 1 spiro atoms. The predicted octanol–water partition coefficient (Wildman–Crippen LogP) is 5.83. The van der Waals surface area contributed by atoms with Crippen molar-refractivity contribution < 1.29 is 14.6 Å². The molecule has 2 bridgehead atoms. The lowest BCUT2D eigenvalue weighted by molar-refractivity contribution is -0.135. The summed E-state index contributed by atoms with van der Waals surface area (Å²) in [6.45, 7) is 6.26. The van der Waals surface area contributed by atoms with Crippen molar-refractivity contribution in [1.29, 1.82) is 0 Å². The Bertz CT molecular complexity index is 1510. The Kier molecular flexibility index (Phi) is 6.46. The number of benzene rings is 3. The molecular formula is C36H40N2O3. The van der Waals surface area contributed by atoms with Crippen molar-refractivity contribution in [2.45, 2.75) is 69.6 Å². The monoisotopic (exact) mass is 548 g/mol. The maximum atomic E-state index is 13.5. The van der Waals surface area contributed by atoms with E-state index in [1.165, 1.54) is 22.3 Å². The van der Waals surface area contributed by atoms with E-state index >= 15 is 0 Å². The van der Waals surface area contributed by atoms with E-state index < -0.39 is 0 Å². The molecule has 2 aliphatic heterocycles. The largest absolute Gasteiger partial charge is 0.504 e. The standard InChI is InChI=1S/C36H40N2O3/c1-23-8-7-11-26(20-23)12-15-32(40)37(3)29-14-13-28-30-22-27-24(2)21-31(39)34-33(27)36(28,35(29)41-34)17-19-38(30)18-16-25-9-5-4-6-10-25/h4-12,15,20-21,28-30,35,39H,13-14,16-19,22H2,1-3H3/t28-,29+,30+,35-,36-/m0/s1. The van der Waals surface area contributed by atoms with Gasteiger partial charge in [-0.1, -0.05) is 60.2 Å². The van der Waals surface area contributed by atoms with Gasteiger partial charge in [0.15, 0.2) is 11.5 Å². The second-order valence-electron chi connectivity index (χ2n) is 12.7. The summed E-state index contributed by atoms with van der Waals surface area (Å²) in [5.74, 6) is 1.38. The van der Waals surface area contributed by atoms with E-state index in [1.807, 2.05) is 36.2 Å². The molecule has 3 aromatic carbocycles. The molecule has 5 atom stereocenters. The summed E-state index contributed by atoms with van der Waals surface area (Å²) in [6, 6.07) is 21.3. The van der Waals surface area contributed by atoms with E-state index in [-0.39, 0.29) is 29.2 Å². The number of piperidine rings is 1. The van der Waals surface area contributed by atoms with Crippen molar-refractivity contribution in [2.75, 3.05) is 20.1 Å². The lowest BCUT2D eigenvalue weighted by Crippen LogP contribution is -2.69. The van der Waals surface area contributed by atoms with Gasteiger partial charge in [-0.2, -0.15) is 0 Å². The quantitative estimate of drug-likeness (QED) is 0.394. The molecule has 0 unspecified atom stereocenters. The Balaban J connectivity index is 1.20. The van der Waals surface area contributed by atoms with Gasteiger partial charge >= 0.3 is 0 Å². The van der Waals surface area contributed by atoms with Gasteiger partial charge in [0.2, 0.25) is 5.91 Å². The van der Waals surface area contributed by atoms with Crippen molar-refractivity contribution in [3.8, 4) is 11.5 Å². The van der Waals surface area contributed by atoms with E-state index in [0.29, 0.717) is 17.7 Å². The van der Waals surface area contributed by atoms with Crippen molar-refractivity contribution in [2.24, 2.45) is 5.92 Å². The zero-order chi connectivity index (χ0) is 28.3. The zero-order valence-electron chi connectivity index (χ0n) is 24.3. The number of carbonyl (C=O) groups is 1. The number of hydrogen-bond donors (Lipinski definition) is 1. The smallest absolute Gasteiger partial charge is 0.246 e. The Morgan fingerprint density at radius 1 is 1.12 bits per heavy atom. The van der Waals surface area contributed by atoms with Crippen LogP contribution in [0.1, 0.15) is 52.6 Å². The average molecular weight is 549 g/mol. The third-order valence-electron chi connectivity index (χ3n) is 10.6. The first-order valence-corrected chi connectivity index (χ1v) is 15.2. The molecule has 2 aliphatic carbocycles. The summed E-state index contributed by atoms with van der Waals surface area (Å²) in [5.41, 5.74) is 7.20. The van der Waals surface area contributed by atoms with E-state index in [1.54, 1.807) is 6.08 Å². The first-order valence-electron chi connectivity index (χ1n) is 15.2. The Morgan fingerprint density at radius 3 is 2.76 bits per heavy atom. The van der Waals surface area contributed by atoms with Gasteiger partial charge in [0, 0.05) is 36.7 Å². The number of phenols is 1. The molecule has 1 saturated heterocycles. The number of hydrogen-bond acceptors (Lipinski definition) is 4. The molecule has 2 heterocycles. The fourth-order valence-corrected chi connectivity index (χ4v) is 8.68. The number of likely N-dealkylation sites (N-methyl/N-ethyl adjacent to an activating group) is 1. The number of rotatable bonds is 6. The van der Waals surface area contributed by atoms with Crippen LogP contribution in [0.2, 0.25) is 0 Å². The molecule has 212 valence electrons. The van der Waals surface area contributed by atoms with Gasteiger partial charge in [-0.3, -0.25) is 9.69 Å². The fraction of sp³-hybridized carbons (Fsp3) is 0.417. The van der Waals surface area contributed by atoms with Gasteiger partial charge in [0.05, 0.1) is 6.04 Å². The summed E-state index contributed by atoms with van der Waals surface area (Å²) in [5, 5.41) is 11.1. The minimum atomic E-state index is -0.169. The number of nitrogens with zero attached hydrogens (tertiary/aromatic N) is 2. The predicted molar refractivity (Wildman–Crippen MR) is 162 cm³/mol. The number of ether oxygens (including phenoxy) is 1. The van der Waals surface area contributed by atoms with Gasteiger partial charge in [-0.15, -0.1) is 0 Å². The highest BCUT2D eigenvalue weighted by Gasteiger charge is 2.66. The van der Waals surface area contributed by atoms with Crippen LogP contribution in [0.15, 0.2) is 66.7 Å². The number of amides is 1. The fourth-order valence-electron chi connectivity index (χ4n) is 8.68. The molecule has 5 nitrogen and oxygen atoms in total. The second-order valence-corrected chi connectivity index (χ2v) is 12.7. The van der Waals surface area contributed by atoms with Crippen molar-refractivity contribution >= 4 is 12.0 Å². The van der Waals surface area contributed by atoms with E-state index in [0.717, 1.165) is 56.3 Å². The molecule has 0 aromatic heterocycles.